The molecule has 0 spiro atoms. The second kappa shape index (κ2) is 14.2. The molecule has 0 bridgehead atoms. The minimum Gasteiger partial charge on any atom is -0.341 e. The van der Waals surface area contributed by atoms with E-state index in [1.54, 1.807) is 23.9 Å². The summed E-state index contributed by atoms with van der Waals surface area (Å²) in [6, 6.07) is 5.47. The summed E-state index contributed by atoms with van der Waals surface area (Å²) in [6.07, 6.45) is 13.6. The van der Waals surface area contributed by atoms with Crippen LogP contribution < -0.4 is 5.32 Å². The SMILES string of the molecule is CCCCCCCCCCCCSC(=S)Nc1ccc(Cl)c(Cl)c1. The molecule has 136 valence electrons. The number of unbranched alkanes of at least 4 members (excludes halogenated alkanes) is 9. The molecule has 1 aromatic rings. The summed E-state index contributed by atoms with van der Waals surface area (Å²) in [7, 11) is 0. The molecule has 0 atom stereocenters. The monoisotopic (exact) mass is 405 g/mol. The second-order valence-electron chi connectivity index (χ2n) is 6.07. The minimum absolute atomic E-state index is 0.546. The van der Waals surface area contributed by atoms with E-state index in [4.69, 9.17) is 35.4 Å². The van der Waals surface area contributed by atoms with Gasteiger partial charge in [0.2, 0.25) is 0 Å². The first-order valence-corrected chi connectivity index (χ1v) is 11.2. The fourth-order valence-electron chi connectivity index (χ4n) is 2.48. The van der Waals surface area contributed by atoms with Gasteiger partial charge in [0.15, 0.2) is 0 Å². The molecule has 24 heavy (non-hydrogen) atoms. The molecular weight excluding hydrogens is 377 g/mol. The van der Waals surface area contributed by atoms with Gasteiger partial charge in [0, 0.05) is 11.4 Å². The third-order valence-electron chi connectivity index (χ3n) is 3.90. The highest BCUT2D eigenvalue weighted by molar-refractivity contribution is 8.23. The maximum absolute atomic E-state index is 6.00. The lowest BCUT2D eigenvalue weighted by Gasteiger charge is -2.08. The van der Waals surface area contributed by atoms with Crippen molar-refractivity contribution in [2.24, 2.45) is 0 Å². The van der Waals surface area contributed by atoms with Crippen molar-refractivity contribution in [2.75, 3.05) is 11.1 Å². The van der Waals surface area contributed by atoms with Crippen LogP contribution in [-0.4, -0.2) is 10.1 Å². The Bertz CT molecular complexity index is 480. The molecule has 0 amide bonds. The first-order chi connectivity index (χ1) is 11.6. The topological polar surface area (TPSA) is 12.0 Å². The van der Waals surface area contributed by atoms with Crippen molar-refractivity contribution in [1.82, 2.24) is 0 Å². The largest absolute Gasteiger partial charge is 0.341 e. The highest BCUT2D eigenvalue weighted by Gasteiger charge is 2.02. The van der Waals surface area contributed by atoms with Crippen LogP contribution in [0.15, 0.2) is 18.2 Å². The van der Waals surface area contributed by atoms with Crippen molar-refractivity contribution < 1.29 is 0 Å². The van der Waals surface area contributed by atoms with Crippen LogP contribution in [0.25, 0.3) is 0 Å². The van der Waals surface area contributed by atoms with Gasteiger partial charge in [-0.05, 0) is 24.6 Å². The molecule has 5 heteroatoms. The molecule has 0 aromatic heterocycles. The predicted molar refractivity (Wildman–Crippen MR) is 117 cm³/mol. The Morgan fingerprint density at radius 3 is 2.08 bits per heavy atom. The first-order valence-electron chi connectivity index (χ1n) is 9.02. The summed E-state index contributed by atoms with van der Waals surface area (Å²) in [5.41, 5.74) is 0.893. The molecule has 1 rings (SSSR count). The van der Waals surface area contributed by atoms with Gasteiger partial charge in [0.05, 0.1) is 10.0 Å². The van der Waals surface area contributed by atoms with Gasteiger partial charge >= 0.3 is 0 Å². The van der Waals surface area contributed by atoms with Gasteiger partial charge in [0.25, 0.3) is 0 Å². The quantitative estimate of drug-likeness (QED) is 0.277. The minimum atomic E-state index is 0.546. The van der Waals surface area contributed by atoms with Crippen LogP contribution in [0.1, 0.15) is 71.1 Å². The van der Waals surface area contributed by atoms with E-state index in [9.17, 15) is 0 Å². The van der Waals surface area contributed by atoms with Crippen LogP contribution in [0.5, 0.6) is 0 Å². The highest BCUT2D eigenvalue weighted by atomic mass is 35.5. The first kappa shape index (κ1) is 22.1. The Hall–Kier alpha value is 0.0400. The fraction of sp³-hybridized carbons (Fsp3) is 0.632. The lowest BCUT2D eigenvalue weighted by atomic mass is 10.1. The molecule has 0 aliphatic carbocycles. The third-order valence-corrected chi connectivity index (χ3v) is 5.95. The molecule has 0 heterocycles. The molecule has 0 aliphatic heterocycles. The average Bonchev–Trinajstić information content (AvgIpc) is 2.56. The molecular formula is C19H29Cl2NS2. The molecule has 0 fully saturated rings. The molecule has 1 aromatic carbocycles. The van der Waals surface area contributed by atoms with Crippen LogP contribution in [0, 0.1) is 0 Å². The van der Waals surface area contributed by atoms with Crippen LogP contribution in [-0.2, 0) is 0 Å². The zero-order chi connectivity index (χ0) is 17.6. The number of nitrogens with one attached hydrogen (secondary N) is 1. The van der Waals surface area contributed by atoms with E-state index in [0.717, 1.165) is 15.8 Å². The molecule has 0 saturated heterocycles. The Labute approximate surface area is 167 Å². The van der Waals surface area contributed by atoms with E-state index in [2.05, 4.69) is 12.2 Å². The Kier molecular flexibility index (Phi) is 13.1. The summed E-state index contributed by atoms with van der Waals surface area (Å²) >= 11 is 19.0. The van der Waals surface area contributed by atoms with Gasteiger partial charge in [-0.15, -0.1) is 0 Å². The molecule has 0 aliphatic rings. The molecule has 0 saturated carbocycles. The summed E-state index contributed by atoms with van der Waals surface area (Å²) in [4.78, 5) is 0. The Morgan fingerprint density at radius 2 is 1.50 bits per heavy atom. The van der Waals surface area contributed by atoms with Gasteiger partial charge in [-0.2, -0.15) is 0 Å². The summed E-state index contributed by atoms with van der Waals surface area (Å²) in [5.74, 6) is 1.07. The second-order valence-corrected chi connectivity index (χ2v) is 8.66. The Morgan fingerprint density at radius 1 is 0.917 bits per heavy atom. The zero-order valence-corrected chi connectivity index (χ0v) is 17.7. The van der Waals surface area contributed by atoms with Crippen LogP contribution >= 0.6 is 47.2 Å². The van der Waals surface area contributed by atoms with Crippen molar-refractivity contribution >= 4 is 57.2 Å². The van der Waals surface area contributed by atoms with Crippen molar-refractivity contribution in [3.8, 4) is 0 Å². The van der Waals surface area contributed by atoms with Crippen LogP contribution in [0.4, 0.5) is 5.69 Å². The van der Waals surface area contributed by atoms with E-state index in [0.29, 0.717) is 10.0 Å². The number of thioether (sulfide) groups is 1. The van der Waals surface area contributed by atoms with Crippen molar-refractivity contribution in [2.45, 2.75) is 71.1 Å². The van der Waals surface area contributed by atoms with Crippen molar-refractivity contribution in [3.63, 3.8) is 0 Å². The summed E-state index contributed by atoms with van der Waals surface area (Å²) < 4.78 is 0.796. The van der Waals surface area contributed by atoms with Gasteiger partial charge in [-0.25, -0.2) is 0 Å². The number of rotatable bonds is 12. The standard InChI is InChI=1S/C19H29Cl2NS2/c1-2-3-4-5-6-7-8-9-10-11-14-24-19(23)22-16-12-13-17(20)18(21)15-16/h12-13,15H,2-11,14H2,1H3,(H,22,23). The van der Waals surface area contributed by atoms with E-state index in [1.807, 2.05) is 6.07 Å². The molecule has 0 unspecified atom stereocenters. The van der Waals surface area contributed by atoms with Crippen LogP contribution in [0.2, 0.25) is 10.0 Å². The maximum atomic E-state index is 6.00. The third kappa shape index (κ3) is 10.8. The highest BCUT2D eigenvalue weighted by Crippen LogP contribution is 2.25. The fourth-order valence-corrected chi connectivity index (χ4v) is 3.87. The van der Waals surface area contributed by atoms with Gasteiger partial charge in [0.1, 0.15) is 4.32 Å². The number of benzene rings is 1. The lowest BCUT2D eigenvalue weighted by Crippen LogP contribution is -2.05. The number of halogens is 2. The normalized spacial score (nSPS) is 10.8. The van der Waals surface area contributed by atoms with E-state index >= 15 is 0 Å². The zero-order valence-electron chi connectivity index (χ0n) is 14.6. The molecule has 1 N–H and O–H groups in total. The van der Waals surface area contributed by atoms with Crippen molar-refractivity contribution in [3.05, 3.63) is 28.2 Å². The van der Waals surface area contributed by atoms with E-state index < -0.39 is 0 Å². The Balaban J connectivity index is 1.97. The van der Waals surface area contributed by atoms with Crippen molar-refractivity contribution in [1.29, 1.82) is 0 Å². The van der Waals surface area contributed by atoms with Gasteiger partial charge < -0.3 is 5.32 Å². The van der Waals surface area contributed by atoms with Crippen LogP contribution in [0.3, 0.4) is 0 Å². The number of hydrogen-bond donors (Lipinski definition) is 1. The molecule has 1 nitrogen and oxygen atoms in total. The summed E-state index contributed by atoms with van der Waals surface area (Å²) in [6.45, 7) is 2.27. The predicted octanol–water partition coefficient (Wildman–Crippen LogP) is 8.34. The number of anilines is 1. The molecule has 0 radical (unpaired) electrons. The van der Waals surface area contributed by atoms with E-state index in [1.165, 1.54) is 64.2 Å². The lowest BCUT2D eigenvalue weighted by molar-refractivity contribution is 0.563. The average molecular weight is 406 g/mol. The van der Waals surface area contributed by atoms with E-state index in [-0.39, 0.29) is 0 Å². The number of hydrogen-bond acceptors (Lipinski definition) is 2. The summed E-state index contributed by atoms with van der Waals surface area (Å²) in [5, 5.41) is 4.30. The smallest absolute Gasteiger partial charge is 0.138 e. The maximum Gasteiger partial charge on any atom is 0.138 e. The number of thiocarbonyl (C=S) groups is 1. The van der Waals surface area contributed by atoms with Gasteiger partial charge in [-0.1, -0.05) is 112 Å². The van der Waals surface area contributed by atoms with Gasteiger partial charge in [-0.3, -0.25) is 0 Å².